The second kappa shape index (κ2) is 15.9. The summed E-state index contributed by atoms with van der Waals surface area (Å²) >= 11 is 0. The minimum absolute atomic E-state index is 0.195. The molecule has 12 nitrogen and oxygen atoms in total. The topological polar surface area (TPSA) is 161 Å². The van der Waals surface area contributed by atoms with E-state index in [0.29, 0.717) is 12.8 Å². The van der Waals surface area contributed by atoms with E-state index < -0.39 is 60.0 Å². The van der Waals surface area contributed by atoms with Crippen molar-refractivity contribution in [3.05, 3.63) is 48.4 Å². The van der Waals surface area contributed by atoms with Gasteiger partial charge in [0.15, 0.2) is 5.78 Å². The van der Waals surface area contributed by atoms with E-state index in [1.807, 2.05) is 38.1 Å². The van der Waals surface area contributed by atoms with Crippen LogP contribution in [0.4, 0.5) is 0 Å². The lowest BCUT2D eigenvalue weighted by molar-refractivity contribution is -0.870. The van der Waals surface area contributed by atoms with Crippen LogP contribution in [-0.4, -0.2) is 108 Å². The van der Waals surface area contributed by atoms with E-state index in [1.165, 1.54) is 4.90 Å². The Morgan fingerprint density at radius 2 is 1.72 bits per heavy atom. The van der Waals surface area contributed by atoms with Gasteiger partial charge in [0, 0.05) is 42.9 Å². The molecule has 3 rings (SSSR count). The van der Waals surface area contributed by atoms with Crippen molar-refractivity contribution in [3.8, 4) is 0 Å². The molecule has 252 valence electrons. The molecule has 0 bridgehead atoms. The van der Waals surface area contributed by atoms with Gasteiger partial charge in [-0.05, 0) is 43.2 Å². The van der Waals surface area contributed by atoms with Crippen molar-refractivity contribution >= 4 is 40.3 Å². The molecule has 0 radical (unpaired) electrons. The van der Waals surface area contributed by atoms with Crippen molar-refractivity contribution in [3.63, 3.8) is 0 Å². The molecule has 1 saturated heterocycles. The lowest BCUT2D eigenvalue weighted by Gasteiger charge is -2.34. The monoisotopic (exact) mass is 639 g/mol. The molecule has 1 aliphatic heterocycles. The summed E-state index contributed by atoms with van der Waals surface area (Å²) in [6.07, 6.45) is 3.32. The van der Waals surface area contributed by atoms with Gasteiger partial charge in [0.05, 0.1) is 46.0 Å². The molecular weight excluding hydrogens is 588 g/mol. The number of Topliss-reactive ketones (excluding diaryl/α,β-unsaturated/α-hetero) is 1. The van der Waals surface area contributed by atoms with Crippen LogP contribution in [0.1, 0.15) is 51.5 Å². The first-order valence-corrected chi connectivity index (χ1v) is 16.0. The van der Waals surface area contributed by atoms with Crippen LogP contribution >= 0.6 is 0 Å². The van der Waals surface area contributed by atoms with Crippen molar-refractivity contribution in [1.29, 1.82) is 0 Å². The summed E-state index contributed by atoms with van der Waals surface area (Å²) in [5.74, 6) is -4.06. The predicted molar refractivity (Wildman–Crippen MR) is 177 cm³/mol. The summed E-state index contributed by atoms with van der Waals surface area (Å²) in [4.78, 5) is 72.6. The number of hydrogen-bond donors (Lipinski definition) is 5. The largest absolute Gasteiger partial charge is 0.513 e. The number of ketones is 1. The number of carbonyl (C=O) groups excluding carboxylic acids is 5. The molecule has 1 aromatic heterocycles. The van der Waals surface area contributed by atoms with Crippen LogP contribution in [0.5, 0.6) is 0 Å². The van der Waals surface area contributed by atoms with Gasteiger partial charge in [0.25, 0.3) is 0 Å². The molecule has 2 heterocycles. The first-order chi connectivity index (χ1) is 21.6. The average Bonchev–Trinajstić information content (AvgIpc) is 3.37. The minimum Gasteiger partial charge on any atom is -0.513 e. The number of benzene rings is 1. The molecule has 1 fully saturated rings. The van der Waals surface area contributed by atoms with Crippen LogP contribution in [0.15, 0.2) is 42.8 Å². The predicted octanol–water partition coefficient (Wildman–Crippen LogP) is 2.21. The van der Waals surface area contributed by atoms with Gasteiger partial charge >= 0.3 is 0 Å². The van der Waals surface area contributed by atoms with E-state index in [-0.39, 0.29) is 30.9 Å². The van der Waals surface area contributed by atoms with E-state index in [9.17, 15) is 29.1 Å². The highest BCUT2D eigenvalue weighted by Crippen LogP contribution is 2.26. The van der Waals surface area contributed by atoms with E-state index >= 15 is 0 Å². The fraction of sp³-hybridized carbons (Fsp3) is 0.559. The number of likely N-dealkylation sites (N-methyl/N-ethyl adjacent to an activating group) is 1. The number of carbonyl (C=O) groups is 5. The molecule has 1 aliphatic rings. The van der Waals surface area contributed by atoms with Crippen LogP contribution in [0.3, 0.4) is 0 Å². The van der Waals surface area contributed by atoms with Crippen molar-refractivity contribution < 1.29 is 33.6 Å². The molecule has 0 spiro atoms. The molecule has 5 N–H and O–H groups in total. The number of nitrogens with zero attached hydrogens (tertiary/aromatic N) is 2. The number of rotatable bonds is 10. The Morgan fingerprint density at radius 3 is 2.37 bits per heavy atom. The number of aliphatic hydroxyl groups is 1. The van der Waals surface area contributed by atoms with Crippen LogP contribution in [0.25, 0.3) is 10.9 Å². The third kappa shape index (κ3) is 10.2. The number of quaternary nitrogens is 1. The highest BCUT2D eigenvalue weighted by molar-refractivity contribution is 5.97. The first kappa shape index (κ1) is 36.3. The maximum atomic E-state index is 14.2. The van der Waals surface area contributed by atoms with Crippen LogP contribution in [0, 0.1) is 11.8 Å². The molecule has 12 heteroatoms. The number of H-pyrrole nitrogens is 1. The summed E-state index contributed by atoms with van der Waals surface area (Å²) in [5.41, 5.74) is 1.71. The zero-order chi connectivity index (χ0) is 34.2. The lowest BCUT2D eigenvalue weighted by atomic mass is 9.88. The zero-order valence-electron chi connectivity index (χ0n) is 28.0. The number of fused-ring (bicyclic) bond motifs is 1. The normalized spacial score (nSPS) is 22.7. The van der Waals surface area contributed by atoms with Gasteiger partial charge < -0.3 is 35.4 Å². The van der Waals surface area contributed by atoms with E-state index in [2.05, 4.69) is 48.7 Å². The lowest BCUT2D eigenvalue weighted by Crippen LogP contribution is -2.57. The Bertz CT molecular complexity index is 1430. The summed E-state index contributed by atoms with van der Waals surface area (Å²) in [5, 5.41) is 18.9. The SMILES string of the molecule is C=C(O)C[C@@H]1NC(=O)CNC(=O)[C@H](CCCC[N+](C)(C)C)NC(=O)[C@H](C(C)C)N(C)C(=O)[C@@H](Cc2c[nH]c3ccccc23)CC1=O. The minimum atomic E-state index is -1.16. The molecule has 0 aliphatic carbocycles. The second-order valence-corrected chi connectivity index (χ2v) is 13.7. The van der Waals surface area contributed by atoms with Gasteiger partial charge in [-0.2, -0.15) is 0 Å². The smallest absolute Gasteiger partial charge is 0.243 e. The van der Waals surface area contributed by atoms with Gasteiger partial charge in [0.1, 0.15) is 12.1 Å². The van der Waals surface area contributed by atoms with Gasteiger partial charge in [-0.3, -0.25) is 24.0 Å². The standard InChI is InChI=1S/C34H50N6O6/c1-21(2)31-33(45)38-27(14-10-11-15-40(5,6)7)32(44)36-20-30(43)37-28(16-22(3)41)29(42)18-23(34(46)39(31)4)17-24-19-35-26-13-9-8-12-25(24)26/h8-9,12-13,19,21,23,27-28,31,35H,3,10-11,14-18,20H2,1-2,4-7H3,(H3-,36,37,38,41,43,44,45)/p+1/t23-,27-,28-,31-/m0/s1. The van der Waals surface area contributed by atoms with Gasteiger partial charge in [-0.1, -0.05) is 38.6 Å². The zero-order valence-corrected chi connectivity index (χ0v) is 28.0. The molecule has 46 heavy (non-hydrogen) atoms. The quantitative estimate of drug-likeness (QED) is 0.152. The number of unbranched alkanes of at least 4 members (excludes halogenated alkanes) is 1. The van der Waals surface area contributed by atoms with Gasteiger partial charge in [0.2, 0.25) is 23.6 Å². The Labute approximate surface area is 271 Å². The Morgan fingerprint density at radius 1 is 1.02 bits per heavy atom. The number of aliphatic hydroxyl groups excluding tert-OH is 1. The highest BCUT2D eigenvalue weighted by atomic mass is 16.3. The van der Waals surface area contributed by atoms with Crippen LogP contribution in [-0.2, 0) is 30.4 Å². The van der Waals surface area contributed by atoms with Crippen molar-refractivity contribution in [2.24, 2.45) is 11.8 Å². The summed E-state index contributed by atoms with van der Waals surface area (Å²) in [6, 6.07) is 4.61. The summed E-state index contributed by atoms with van der Waals surface area (Å²) < 4.78 is 0.756. The van der Waals surface area contributed by atoms with E-state index in [0.717, 1.165) is 33.9 Å². The third-order valence-electron chi connectivity index (χ3n) is 8.39. The molecule has 2 aromatic rings. The molecule has 0 unspecified atom stereocenters. The molecule has 0 saturated carbocycles. The Balaban J connectivity index is 2.00. The fourth-order valence-electron chi connectivity index (χ4n) is 6.03. The number of nitrogens with one attached hydrogen (secondary N) is 4. The van der Waals surface area contributed by atoms with Crippen LogP contribution < -0.4 is 16.0 Å². The summed E-state index contributed by atoms with van der Waals surface area (Å²) in [6.45, 7) is 7.57. The third-order valence-corrected chi connectivity index (χ3v) is 8.39. The number of amides is 4. The number of hydrogen-bond acceptors (Lipinski definition) is 6. The average molecular weight is 640 g/mol. The van der Waals surface area contributed by atoms with E-state index in [1.54, 1.807) is 13.2 Å². The van der Waals surface area contributed by atoms with E-state index in [4.69, 9.17) is 0 Å². The molecule has 1 aromatic carbocycles. The van der Waals surface area contributed by atoms with Gasteiger partial charge in [-0.25, -0.2) is 0 Å². The van der Waals surface area contributed by atoms with Crippen molar-refractivity contribution in [2.75, 3.05) is 41.3 Å². The van der Waals surface area contributed by atoms with Gasteiger partial charge in [-0.15, -0.1) is 0 Å². The summed E-state index contributed by atoms with van der Waals surface area (Å²) in [7, 11) is 7.77. The van der Waals surface area contributed by atoms with Crippen molar-refractivity contribution in [1.82, 2.24) is 25.8 Å². The maximum Gasteiger partial charge on any atom is 0.243 e. The first-order valence-electron chi connectivity index (χ1n) is 16.0. The Kier molecular flexibility index (Phi) is 12.5. The second-order valence-electron chi connectivity index (χ2n) is 13.7. The number of para-hydroxylation sites is 1. The fourth-order valence-corrected chi connectivity index (χ4v) is 6.03. The van der Waals surface area contributed by atoms with Crippen molar-refractivity contribution in [2.45, 2.75) is 70.5 Å². The number of aromatic amines is 1. The highest BCUT2D eigenvalue weighted by Gasteiger charge is 2.37. The maximum absolute atomic E-state index is 14.2. The molecular formula is C34H51N6O6+. The molecule has 4 amide bonds. The number of aromatic nitrogens is 1. The van der Waals surface area contributed by atoms with Crippen LogP contribution in [0.2, 0.25) is 0 Å². The molecule has 4 atom stereocenters. The Hall–Kier alpha value is -4.19.